The molecule has 168 valence electrons. The Bertz CT molecular complexity index is 748. The fourth-order valence-electron chi connectivity index (χ4n) is 3.95. The maximum atomic E-state index is 11.2. The number of phenols is 2. The second kappa shape index (κ2) is 10.2. The van der Waals surface area contributed by atoms with Crippen molar-refractivity contribution in [2.24, 2.45) is 10.8 Å². The van der Waals surface area contributed by atoms with Crippen molar-refractivity contribution >= 4 is 11.9 Å². The van der Waals surface area contributed by atoms with Crippen molar-refractivity contribution in [3.05, 3.63) is 23.3 Å². The Hall–Kier alpha value is -2.24. The average molecular weight is 421 g/mol. The second-order valence-electron chi connectivity index (χ2n) is 9.47. The van der Waals surface area contributed by atoms with Crippen LogP contribution < -0.4 is 0 Å². The zero-order valence-corrected chi connectivity index (χ0v) is 18.2. The van der Waals surface area contributed by atoms with Crippen LogP contribution in [-0.2, 0) is 22.4 Å². The highest BCUT2D eigenvalue weighted by atomic mass is 16.4. The number of carboxylic acids is 2. The number of hydrogen-bond acceptors (Lipinski definition) is 4. The normalized spacial score (nSPS) is 15.1. The van der Waals surface area contributed by atoms with Crippen LogP contribution in [0.2, 0.25) is 0 Å². The monoisotopic (exact) mass is 420 g/mol. The third-order valence-corrected chi connectivity index (χ3v) is 6.56. The number of benzene rings is 1. The van der Waals surface area contributed by atoms with Gasteiger partial charge in [-0.15, -0.1) is 0 Å². The van der Waals surface area contributed by atoms with Gasteiger partial charge in [-0.3, -0.25) is 9.59 Å². The van der Waals surface area contributed by atoms with Crippen LogP contribution in [0.5, 0.6) is 11.5 Å². The molecule has 0 aromatic heterocycles. The number of phenolic OH excluding ortho intramolecular Hbond substituents is 2. The summed E-state index contributed by atoms with van der Waals surface area (Å²) in [4.78, 5) is 22.4. The van der Waals surface area contributed by atoms with Gasteiger partial charge in [0.1, 0.15) is 11.5 Å². The van der Waals surface area contributed by atoms with Crippen LogP contribution in [0.15, 0.2) is 12.1 Å². The summed E-state index contributed by atoms with van der Waals surface area (Å²) in [5.74, 6) is -1.21. The van der Waals surface area contributed by atoms with E-state index in [4.69, 9.17) is 5.11 Å². The Morgan fingerprint density at radius 2 is 1.57 bits per heavy atom. The largest absolute Gasteiger partial charge is 0.508 e. The number of carbonyl (C=O) groups is 2. The van der Waals surface area contributed by atoms with Gasteiger partial charge in [0.15, 0.2) is 0 Å². The molecule has 0 atom stereocenters. The highest BCUT2D eigenvalue weighted by molar-refractivity contribution is 5.77. The Balaban J connectivity index is 1.76. The molecule has 0 unspecified atom stereocenters. The first-order valence-corrected chi connectivity index (χ1v) is 11.1. The van der Waals surface area contributed by atoms with E-state index in [1.54, 1.807) is 26.0 Å². The quantitative estimate of drug-likeness (QED) is 0.304. The predicted molar refractivity (Wildman–Crippen MR) is 115 cm³/mol. The molecule has 6 heteroatoms. The summed E-state index contributed by atoms with van der Waals surface area (Å²) in [5, 5.41) is 39.1. The molecule has 1 aromatic carbocycles. The van der Waals surface area contributed by atoms with Gasteiger partial charge in [0.25, 0.3) is 0 Å². The van der Waals surface area contributed by atoms with Gasteiger partial charge in [-0.05, 0) is 76.8 Å². The molecule has 1 saturated carbocycles. The topological polar surface area (TPSA) is 115 Å². The Morgan fingerprint density at radius 1 is 0.933 bits per heavy atom. The summed E-state index contributed by atoms with van der Waals surface area (Å²) in [6.07, 6.45) is 9.24. The van der Waals surface area contributed by atoms with Crippen molar-refractivity contribution in [3.8, 4) is 11.5 Å². The molecule has 0 heterocycles. The molecule has 0 saturated heterocycles. The van der Waals surface area contributed by atoms with E-state index in [1.165, 1.54) is 0 Å². The van der Waals surface area contributed by atoms with Crippen molar-refractivity contribution in [1.29, 1.82) is 0 Å². The van der Waals surface area contributed by atoms with Gasteiger partial charge in [0.2, 0.25) is 0 Å². The van der Waals surface area contributed by atoms with Gasteiger partial charge in [-0.2, -0.15) is 0 Å². The van der Waals surface area contributed by atoms with Crippen LogP contribution in [0.1, 0.15) is 89.2 Å². The van der Waals surface area contributed by atoms with Crippen molar-refractivity contribution in [3.63, 3.8) is 0 Å². The molecule has 1 aliphatic rings. The van der Waals surface area contributed by atoms with Crippen molar-refractivity contribution in [1.82, 2.24) is 0 Å². The molecule has 0 amide bonds. The van der Waals surface area contributed by atoms with Crippen molar-refractivity contribution in [2.45, 2.75) is 90.9 Å². The van der Waals surface area contributed by atoms with E-state index in [0.29, 0.717) is 24.8 Å². The number of rotatable bonds is 14. The minimum Gasteiger partial charge on any atom is -0.508 e. The summed E-state index contributed by atoms with van der Waals surface area (Å²) in [6.45, 7) is 3.45. The molecular formula is C24H36O6. The summed E-state index contributed by atoms with van der Waals surface area (Å²) in [6, 6.07) is 3.38. The van der Waals surface area contributed by atoms with Crippen molar-refractivity contribution < 1.29 is 30.0 Å². The summed E-state index contributed by atoms with van der Waals surface area (Å²) in [5.41, 5.74) is 0.184. The minimum atomic E-state index is -0.791. The molecule has 0 aliphatic heterocycles. The van der Waals surface area contributed by atoms with E-state index in [-0.39, 0.29) is 11.5 Å². The first kappa shape index (κ1) is 24.0. The van der Waals surface area contributed by atoms with Crippen LogP contribution in [-0.4, -0.2) is 32.4 Å². The maximum Gasteiger partial charge on any atom is 0.309 e. The van der Waals surface area contributed by atoms with E-state index in [9.17, 15) is 24.9 Å². The standard InChI is InChI=1S/C24H36O6/c1-23(2,21(27)28)13-7-4-6-10-18-19(25)12-11-17(20(18)26)9-5-3-8-14-24(15-16-24)22(29)30/h11-12,25-26H,3-10,13-16H2,1-2H3,(H,27,28)(H,29,30). The highest BCUT2D eigenvalue weighted by Gasteiger charge is 2.49. The molecule has 0 spiro atoms. The SMILES string of the molecule is CC(C)(CCCCCc1c(O)ccc(CCCCCC2(C(=O)O)CC2)c1O)C(=O)O. The van der Waals surface area contributed by atoms with Crippen LogP contribution in [0.4, 0.5) is 0 Å². The van der Waals surface area contributed by atoms with E-state index >= 15 is 0 Å². The molecular weight excluding hydrogens is 384 g/mol. The van der Waals surface area contributed by atoms with Gasteiger partial charge in [-0.25, -0.2) is 0 Å². The van der Waals surface area contributed by atoms with Gasteiger partial charge in [0.05, 0.1) is 10.8 Å². The van der Waals surface area contributed by atoms with E-state index in [2.05, 4.69) is 0 Å². The Labute approximate surface area is 178 Å². The lowest BCUT2D eigenvalue weighted by Crippen LogP contribution is -2.23. The zero-order chi connectivity index (χ0) is 22.4. The molecule has 30 heavy (non-hydrogen) atoms. The lowest BCUT2D eigenvalue weighted by molar-refractivity contribution is -0.147. The highest BCUT2D eigenvalue weighted by Crippen LogP contribution is 2.50. The van der Waals surface area contributed by atoms with E-state index in [0.717, 1.165) is 63.4 Å². The molecule has 0 radical (unpaired) electrons. The Morgan fingerprint density at radius 3 is 2.17 bits per heavy atom. The van der Waals surface area contributed by atoms with E-state index in [1.807, 2.05) is 0 Å². The second-order valence-corrected chi connectivity index (χ2v) is 9.47. The number of unbranched alkanes of at least 4 members (excludes halogenated alkanes) is 4. The number of aryl methyl sites for hydroxylation is 1. The predicted octanol–water partition coefficient (Wildman–Crippen LogP) is 5.28. The van der Waals surface area contributed by atoms with Gasteiger partial charge >= 0.3 is 11.9 Å². The van der Waals surface area contributed by atoms with Crippen LogP contribution in [0.3, 0.4) is 0 Å². The number of aliphatic carboxylic acids is 2. The molecule has 0 bridgehead atoms. The zero-order valence-electron chi connectivity index (χ0n) is 18.2. The van der Waals surface area contributed by atoms with Gasteiger partial charge in [0, 0.05) is 5.56 Å². The summed E-state index contributed by atoms with van der Waals surface area (Å²) >= 11 is 0. The third-order valence-electron chi connectivity index (χ3n) is 6.56. The Kier molecular flexibility index (Phi) is 8.16. The summed E-state index contributed by atoms with van der Waals surface area (Å²) in [7, 11) is 0. The number of aromatic hydroxyl groups is 2. The fraction of sp³-hybridized carbons (Fsp3) is 0.667. The summed E-state index contributed by atoms with van der Waals surface area (Å²) < 4.78 is 0. The molecule has 1 aromatic rings. The average Bonchev–Trinajstić information content (AvgIpc) is 3.46. The number of carboxylic acid groups (broad SMARTS) is 2. The molecule has 1 aliphatic carbocycles. The molecule has 6 nitrogen and oxygen atoms in total. The fourth-order valence-corrected chi connectivity index (χ4v) is 3.95. The lowest BCUT2D eigenvalue weighted by Gasteiger charge is -2.18. The minimum absolute atomic E-state index is 0.0965. The maximum absolute atomic E-state index is 11.2. The smallest absolute Gasteiger partial charge is 0.309 e. The van der Waals surface area contributed by atoms with Crippen LogP contribution >= 0.6 is 0 Å². The first-order valence-electron chi connectivity index (χ1n) is 11.1. The molecule has 2 rings (SSSR count). The first-order chi connectivity index (χ1) is 14.1. The van der Waals surface area contributed by atoms with E-state index < -0.39 is 22.8 Å². The van der Waals surface area contributed by atoms with Gasteiger partial charge < -0.3 is 20.4 Å². The van der Waals surface area contributed by atoms with Gasteiger partial charge in [-0.1, -0.05) is 31.7 Å². The number of hydrogen-bond donors (Lipinski definition) is 4. The molecule has 4 N–H and O–H groups in total. The molecule has 1 fully saturated rings. The van der Waals surface area contributed by atoms with Crippen molar-refractivity contribution in [2.75, 3.05) is 0 Å². The van der Waals surface area contributed by atoms with Crippen LogP contribution in [0, 0.1) is 10.8 Å². The lowest BCUT2D eigenvalue weighted by atomic mass is 9.87. The third kappa shape index (κ3) is 6.38. The van der Waals surface area contributed by atoms with Crippen LogP contribution in [0.25, 0.3) is 0 Å².